The van der Waals surface area contributed by atoms with Crippen molar-refractivity contribution in [3.05, 3.63) is 41.3 Å². The lowest BCUT2D eigenvalue weighted by Crippen LogP contribution is -2.40. The highest BCUT2D eigenvalue weighted by atomic mass is 35.5. The average Bonchev–Trinajstić information content (AvgIpc) is 2.95. The Morgan fingerprint density at radius 3 is 3.00 bits per heavy atom. The van der Waals surface area contributed by atoms with E-state index >= 15 is 0 Å². The third kappa shape index (κ3) is 4.09. The summed E-state index contributed by atoms with van der Waals surface area (Å²) >= 11 is 5.81. The molecule has 0 bridgehead atoms. The first kappa shape index (κ1) is 16.0. The van der Waals surface area contributed by atoms with Crippen molar-refractivity contribution in [2.75, 3.05) is 18.4 Å². The van der Waals surface area contributed by atoms with Crippen LogP contribution in [0.3, 0.4) is 0 Å². The van der Waals surface area contributed by atoms with Gasteiger partial charge in [-0.05, 0) is 37.6 Å². The van der Waals surface area contributed by atoms with Crippen LogP contribution in [0.2, 0.25) is 5.02 Å². The van der Waals surface area contributed by atoms with Gasteiger partial charge in [0.05, 0.1) is 16.6 Å². The first-order chi connectivity index (χ1) is 11.1. The lowest BCUT2D eigenvalue weighted by atomic mass is 9.97. The molecule has 0 aromatic carbocycles. The summed E-state index contributed by atoms with van der Waals surface area (Å²) in [5.74, 6) is 0.548. The van der Waals surface area contributed by atoms with Gasteiger partial charge in [0.25, 0.3) is 0 Å². The van der Waals surface area contributed by atoms with Gasteiger partial charge in [-0.15, -0.1) is 0 Å². The van der Waals surface area contributed by atoms with Crippen molar-refractivity contribution in [1.82, 2.24) is 19.7 Å². The zero-order valence-electron chi connectivity index (χ0n) is 13.1. The van der Waals surface area contributed by atoms with E-state index in [0.29, 0.717) is 10.8 Å². The number of nitrogens with one attached hydrogen (secondary N) is 1. The molecule has 1 atom stereocenters. The fraction of sp³-hybridized carbons (Fsp3) is 0.438. The second-order valence-electron chi connectivity index (χ2n) is 5.87. The number of anilines is 1. The Balaban J connectivity index is 1.58. The van der Waals surface area contributed by atoms with Crippen LogP contribution in [0.5, 0.6) is 0 Å². The van der Waals surface area contributed by atoms with Crippen molar-refractivity contribution in [1.29, 1.82) is 0 Å². The van der Waals surface area contributed by atoms with E-state index in [9.17, 15) is 4.79 Å². The van der Waals surface area contributed by atoms with Crippen LogP contribution >= 0.6 is 11.6 Å². The molecule has 23 heavy (non-hydrogen) atoms. The molecule has 0 saturated carbocycles. The van der Waals surface area contributed by atoms with Crippen LogP contribution in [0.15, 0.2) is 30.6 Å². The van der Waals surface area contributed by atoms with E-state index in [1.165, 1.54) is 6.20 Å². The molecule has 1 saturated heterocycles. The Morgan fingerprint density at radius 2 is 2.30 bits per heavy atom. The van der Waals surface area contributed by atoms with Crippen LogP contribution in [-0.2, 0) is 18.4 Å². The highest BCUT2D eigenvalue weighted by Gasteiger charge is 2.26. The number of amides is 1. The Morgan fingerprint density at radius 1 is 1.43 bits per heavy atom. The number of nitrogens with zero attached hydrogens (tertiary/aromatic N) is 4. The van der Waals surface area contributed by atoms with E-state index in [0.717, 1.165) is 38.2 Å². The molecule has 3 rings (SSSR count). The fourth-order valence-corrected chi connectivity index (χ4v) is 2.99. The molecule has 0 aliphatic carbocycles. The number of carbonyl (C=O) groups excluding carboxylic acids is 1. The molecule has 1 aliphatic heterocycles. The predicted octanol–water partition coefficient (Wildman–Crippen LogP) is 2.32. The minimum absolute atomic E-state index is 0.0190. The quantitative estimate of drug-likeness (QED) is 0.932. The van der Waals surface area contributed by atoms with Crippen molar-refractivity contribution in [2.24, 2.45) is 13.0 Å². The standard InChI is InChI=1S/C16H20ClN5O/c1-21-14(6-7-19-21)11-22-8-2-3-12(10-22)16(23)20-15-5-4-13(17)9-18-15/h4-7,9,12H,2-3,8,10-11H2,1H3,(H,18,20,23)/t12-/m0/s1. The van der Waals surface area contributed by atoms with Gasteiger partial charge < -0.3 is 5.32 Å². The van der Waals surface area contributed by atoms with Gasteiger partial charge in [-0.2, -0.15) is 5.10 Å². The third-order valence-electron chi connectivity index (χ3n) is 4.16. The number of aryl methyl sites for hydroxylation is 1. The first-order valence-corrected chi connectivity index (χ1v) is 8.11. The van der Waals surface area contributed by atoms with Gasteiger partial charge in [-0.1, -0.05) is 11.6 Å². The molecule has 0 radical (unpaired) electrons. The highest BCUT2D eigenvalue weighted by molar-refractivity contribution is 6.30. The van der Waals surface area contributed by atoms with E-state index in [-0.39, 0.29) is 11.8 Å². The van der Waals surface area contributed by atoms with E-state index in [1.54, 1.807) is 18.3 Å². The highest BCUT2D eigenvalue weighted by Crippen LogP contribution is 2.20. The van der Waals surface area contributed by atoms with Crippen molar-refractivity contribution in [2.45, 2.75) is 19.4 Å². The van der Waals surface area contributed by atoms with Gasteiger partial charge in [0, 0.05) is 32.5 Å². The molecule has 6 nitrogen and oxygen atoms in total. The molecular weight excluding hydrogens is 314 g/mol. The Kier molecular flexibility index (Phi) is 4.93. The van der Waals surface area contributed by atoms with Crippen LogP contribution in [0.25, 0.3) is 0 Å². The van der Waals surface area contributed by atoms with Gasteiger partial charge >= 0.3 is 0 Å². The lowest BCUT2D eigenvalue weighted by molar-refractivity contribution is -0.121. The van der Waals surface area contributed by atoms with Crippen LogP contribution in [0, 0.1) is 5.92 Å². The van der Waals surface area contributed by atoms with E-state index in [1.807, 2.05) is 17.8 Å². The zero-order chi connectivity index (χ0) is 16.2. The van der Waals surface area contributed by atoms with Crippen molar-refractivity contribution in [3.8, 4) is 0 Å². The molecule has 3 heterocycles. The maximum absolute atomic E-state index is 12.4. The molecule has 122 valence electrons. The zero-order valence-corrected chi connectivity index (χ0v) is 13.8. The Labute approximate surface area is 140 Å². The Hall–Kier alpha value is -1.92. The van der Waals surface area contributed by atoms with Gasteiger partial charge in [-0.25, -0.2) is 4.98 Å². The molecule has 1 aliphatic rings. The monoisotopic (exact) mass is 333 g/mol. The molecule has 1 fully saturated rings. The molecule has 1 amide bonds. The summed E-state index contributed by atoms with van der Waals surface area (Å²) in [6.45, 7) is 2.58. The van der Waals surface area contributed by atoms with E-state index in [2.05, 4.69) is 20.3 Å². The van der Waals surface area contributed by atoms with Crippen LogP contribution in [-0.4, -0.2) is 38.7 Å². The summed E-state index contributed by atoms with van der Waals surface area (Å²) in [4.78, 5) is 18.9. The van der Waals surface area contributed by atoms with Crippen LogP contribution < -0.4 is 5.32 Å². The molecule has 7 heteroatoms. The number of aromatic nitrogens is 3. The molecular formula is C16H20ClN5O. The van der Waals surface area contributed by atoms with Crippen molar-refractivity contribution in [3.63, 3.8) is 0 Å². The minimum atomic E-state index is -0.0190. The number of hydrogen-bond acceptors (Lipinski definition) is 4. The average molecular weight is 334 g/mol. The fourth-order valence-electron chi connectivity index (χ4n) is 2.88. The molecule has 0 unspecified atom stereocenters. The Bertz CT molecular complexity index is 669. The maximum Gasteiger partial charge on any atom is 0.229 e. The van der Waals surface area contributed by atoms with Gasteiger partial charge in [-0.3, -0.25) is 14.4 Å². The van der Waals surface area contributed by atoms with Gasteiger partial charge in [0.15, 0.2) is 0 Å². The second kappa shape index (κ2) is 7.10. The first-order valence-electron chi connectivity index (χ1n) is 7.73. The molecule has 2 aromatic rings. The summed E-state index contributed by atoms with van der Waals surface area (Å²) in [6, 6.07) is 5.46. The smallest absolute Gasteiger partial charge is 0.229 e. The number of carbonyl (C=O) groups is 1. The van der Waals surface area contributed by atoms with Crippen molar-refractivity contribution >= 4 is 23.3 Å². The van der Waals surface area contributed by atoms with E-state index in [4.69, 9.17) is 11.6 Å². The largest absolute Gasteiger partial charge is 0.310 e. The maximum atomic E-state index is 12.4. The molecule has 2 aromatic heterocycles. The summed E-state index contributed by atoms with van der Waals surface area (Å²) in [6.07, 6.45) is 5.26. The minimum Gasteiger partial charge on any atom is -0.310 e. The van der Waals surface area contributed by atoms with Crippen LogP contribution in [0.1, 0.15) is 18.5 Å². The van der Waals surface area contributed by atoms with Crippen molar-refractivity contribution < 1.29 is 4.79 Å². The summed E-state index contributed by atoms with van der Waals surface area (Å²) in [5, 5.41) is 7.63. The number of rotatable bonds is 4. The number of hydrogen-bond donors (Lipinski definition) is 1. The van der Waals surface area contributed by atoms with Gasteiger partial charge in [0.1, 0.15) is 5.82 Å². The molecule has 1 N–H and O–H groups in total. The lowest BCUT2D eigenvalue weighted by Gasteiger charge is -2.31. The summed E-state index contributed by atoms with van der Waals surface area (Å²) < 4.78 is 1.88. The topological polar surface area (TPSA) is 63.1 Å². The van der Waals surface area contributed by atoms with E-state index < -0.39 is 0 Å². The SMILES string of the molecule is Cn1nccc1CN1CCC[C@H](C(=O)Nc2ccc(Cl)cn2)C1. The number of likely N-dealkylation sites (tertiary alicyclic amines) is 1. The summed E-state index contributed by atoms with van der Waals surface area (Å²) in [5.41, 5.74) is 1.16. The second-order valence-corrected chi connectivity index (χ2v) is 6.31. The number of pyridine rings is 1. The molecule has 0 spiro atoms. The third-order valence-corrected chi connectivity index (χ3v) is 4.39. The van der Waals surface area contributed by atoms with Crippen LogP contribution in [0.4, 0.5) is 5.82 Å². The van der Waals surface area contributed by atoms with Gasteiger partial charge in [0.2, 0.25) is 5.91 Å². The normalized spacial score (nSPS) is 18.8. The predicted molar refractivity (Wildman–Crippen MR) is 89.1 cm³/mol. The number of halogens is 1. The number of piperidine rings is 1. The summed E-state index contributed by atoms with van der Waals surface area (Å²) in [7, 11) is 1.94.